The third-order valence-electron chi connectivity index (χ3n) is 2.20. The van der Waals surface area contributed by atoms with Gasteiger partial charge < -0.3 is 21.1 Å². The van der Waals surface area contributed by atoms with E-state index in [2.05, 4.69) is 20.8 Å². The molecule has 1 rings (SSSR count). The van der Waals surface area contributed by atoms with Gasteiger partial charge in [-0.3, -0.25) is 9.89 Å². The number of carbonyl (C=O) groups excluding carboxylic acids is 2. The molecule has 0 bridgehead atoms. The van der Waals surface area contributed by atoms with Gasteiger partial charge in [-0.2, -0.15) is 5.10 Å². The number of aromatic nitrogens is 2. The Morgan fingerprint density at radius 3 is 2.55 bits per heavy atom. The summed E-state index contributed by atoms with van der Waals surface area (Å²) in [5.41, 5.74) is 5.57. The summed E-state index contributed by atoms with van der Waals surface area (Å²) in [4.78, 5) is 23.0. The molecule has 0 spiro atoms. The molecule has 8 nitrogen and oxygen atoms in total. The molecular formula is C12H21N5O3. The van der Waals surface area contributed by atoms with Crippen LogP contribution in [0.25, 0.3) is 0 Å². The van der Waals surface area contributed by atoms with Crippen LogP contribution in [0, 0.1) is 0 Å². The number of hydrogen-bond donors (Lipinski definition) is 4. The Hall–Kier alpha value is -2.25. The molecule has 0 saturated carbocycles. The number of nitrogen functional groups attached to an aromatic ring is 1. The Kier molecular flexibility index (Phi) is 5.36. The van der Waals surface area contributed by atoms with Crippen molar-refractivity contribution in [2.75, 3.05) is 18.8 Å². The zero-order chi connectivity index (χ0) is 15.2. The van der Waals surface area contributed by atoms with Crippen LogP contribution in [0.3, 0.4) is 0 Å². The highest BCUT2D eigenvalue weighted by Crippen LogP contribution is 2.06. The lowest BCUT2D eigenvalue weighted by atomic mass is 10.2. The summed E-state index contributed by atoms with van der Waals surface area (Å²) in [6.07, 6.45) is 1.49. The van der Waals surface area contributed by atoms with Gasteiger partial charge in [-0.05, 0) is 27.2 Å². The first kappa shape index (κ1) is 15.8. The van der Waals surface area contributed by atoms with Crippen molar-refractivity contribution in [1.29, 1.82) is 0 Å². The number of H-pyrrole nitrogens is 1. The Morgan fingerprint density at radius 2 is 2.00 bits per heavy atom. The number of nitrogens with two attached hydrogens (primary N) is 1. The molecule has 2 amide bonds. The van der Waals surface area contributed by atoms with E-state index >= 15 is 0 Å². The second-order valence-electron chi connectivity index (χ2n) is 5.24. The fraction of sp³-hybridized carbons (Fsp3) is 0.583. The van der Waals surface area contributed by atoms with E-state index in [0.29, 0.717) is 25.2 Å². The fourth-order valence-electron chi connectivity index (χ4n) is 1.36. The minimum absolute atomic E-state index is 0.241. The third kappa shape index (κ3) is 5.59. The van der Waals surface area contributed by atoms with Crippen LogP contribution in [-0.2, 0) is 4.74 Å². The van der Waals surface area contributed by atoms with Crippen LogP contribution in [0.1, 0.15) is 37.7 Å². The van der Waals surface area contributed by atoms with Gasteiger partial charge in [0.1, 0.15) is 11.3 Å². The number of carbonyl (C=O) groups is 2. The monoisotopic (exact) mass is 283 g/mol. The van der Waals surface area contributed by atoms with E-state index in [1.165, 1.54) is 6.20 Å². The van der Waals surface area contributed by atoms with E-state index in [1.54, 1.807) is 20.8 Å². The fourth-order valence-corrected chi connectivity index (χ4v) is 1.36. The lowest BCUT2D eigenvalue weighted by Crippen LogP contribution is -2.34. The molecular weight excluding hydrogens is 262 g/mol. The maximum absolute atomic E-state index is 11.6. The van der Waals surface area contributed by atoms with Crippen LogP contribution in [0.4, 0.5) is 10.5 Å². The molecule has 1 heterocycles. The maximum atomic E-state index is 11.6. The molecule has 0 aliphatic carbocycles. The second-order valence-corrected chi connectivity index (χ2v) is 5.24. The van der Waals surface area contributed by atoms with Gasteiger partial charge in [0, 0.05) is 13.1 Å². The molecule has 1 aromatic heterocycles. The van der Waals surface area contributed by atoms with Crippen molar-refractivity contribution >= 4 is 17.7 Å². The molecule has 0 atom stereocenters. The Bertz CT molecular complexity index is 464. The van der Waals surface area contributed by atoms with Crippen LogP contribution in [0.5, 0.6) is 0 Å². The summed E-state index contributed by atoms with van der Waals surface area (Å²) in [5.74, 6) is -0.322. The minimum Gasteiger partial charge on any atom is -0.444 e. The van der Waals surface area contributed by atoms with E-state index in [1.807, 2.05) is 0 Å². The minimum atomic E-state index is -0.517. The molecule has 0 aromatic carbocycles. The molecule has 8 heteroatoms. The SMILES string of the molecule is CC(C)(C)OC(=O)NCCCNC(=O)c1[nH]ncc1N. The molecule has 0 aliphatic heterocycles. The van der Waals surface area contributed by atoms with E-state index in [-0.39, 0.29) is 11.6 Å². The van der Waals surface area contributed by atoms with E-state index in [9.17, 15) is 9.59 Å². The van der Waals surface area contributed by atoms with Crippen molar-refractivity contribution in [3.8, 4) is 0 Å². The maximum Gasteiger partial charge on any atom is 0.407 e. The summed E-state index contributed by atoms with van der Waals surface area (Å²) < 4.78 is 5.07. The highest BCUT2D eigenvalue weighted by molar-refractivity contribution is 5.96. The van der Waals surface area contributed by atoms with Crippen LogP contribution < -0.4 is 16.4 Å². The average Bonchev–Trinajstić information content (AvgIpc) is 2.72. The van der Waals surface area contributed by atoms with Crippen LogP contribution in [-0.4, -0.2) is 40.9 Å². The van der Waals surface area contributed by atoms with Gasteiger partial charge in [0.25, 0.3) is 5.91 Å². The Morgan fingerprint density at radius 1 is 1.35 bits per heavy atom. The zero-order valence-electron chi connectivity index (χ0n) is 11.9. The van der Waals surface area contributed by atoms with Crippen LogP contribution in [0.2, 0.25) is 0 Å². The smallest absolute Gasteiger partial charge is 0.407 e. The van der Waals surface area contributed by atoms with E-state index < -0.39 is 11.7 Å². The number of nitrogens with zero attached hydrogens (tertiary/aromatic N) is 1. The number of rotatable bonds is 5. The first-order valence-corrected chi connectivity index (χ1v) is 6.33. The number of anilines is 1. The topological polar surface area (TPSA) is 122 Å². The normalized spacial score (nSPS) is 10.9. The summed E-state index contributed by atoms with van der Waals surface area (Å²) in [5, 5.41) is 11.4. The summed E-state index contributed by atoms with van der Waals surface area (Å²) in [7, 11) is 0. The molecule has 0 fully saturated rings. The summed E-state index contributed by atoms with van der Waals surface area (Å²) in [6.45, 7) is 6.20. The van der Waals surface area contributed by atoms with Gasteiger partial charge in [0.05, 0.1) is 11.9 Å². The van der Waals surface area contributed by atoms with Gasteiger partial charge in [0.15, 0.2) is 0 Å². The largest absolute Gasteiger partial charge is 0.444 e. The first-order valence-electron chi connectivity index (χ1n) is 6.33. The quantitative estimate of drug-likeness (QED) is 0.590. The van der Waals surface area contributed by atoms with Crippen molar-refractivity contribution in [3.63, 3.8) is 0 Å². The standard InChI is InChI=1S/C12H21N5O3/c1-12(2,3)20-11(19)15-6-4-5-14-10(18)9-8(13)7-16-17-9/h7H,4-6,13H2,1-3H3,(H,14,18)(H,15,19)(H,16,17). The molecule has 112 valence electrons. The first-order chi connectivity index (χ1) is 9.29. The summed E-state index contributed by atoms with van der Waals surface area (Å²) >= 11 is 0. The predicted molar refractivity (Wildman–Crippen MR) is 74.2 cm³/mol. The van der Waals surface area contributed by atoms with Gasteiger partial charge in [-0.1, -0.05) is 0 Å². The van der Waals surface area contributed by atoms with Crippen LogP contribution >= 0.6 is 0 Å². The van der Waals surface area contributed by atoms with Crippen molar-refractivity contribution in [2.45, 2.75) is 32.8 Å². The molecule has 20 heavy (non-hydrogen) atoms. The zero-order valence-corrected chi connectivity index (χ0v) is 11.9. The van der Waals surface area contributed by atoms with Gasteiger partial charge in [0.2, 0.25) is 0 Å². The lowest BCUT2D eigenvalue weighted by molar-refractivity contribution is 0.0527. The number of ether oxygens (including phenoxy) is 1. The van der Waals surface area contributed by atoms with E-state index in [0.717, 1.165) is 0 Å². The van der Waals surface area contributed by atoms with Gasteiger partial charge in [-0.15, -0.1) is 0 Å². The molecule has 0 saturated heterocycles. The number of alkyl carbamates (subject to hydrolysis) is 1. The number of aromatic amines is 1. The van der Waals surface area contributed by atoms with Gasteiger partial charge in [-0.25, -0.2) is 4.79 Å². The number of amides is 2. The van der Waals surface area contributed by atoms with E-state index in [4.69, 9.17) is 10.5 Å². The molecule has 1 aromatic rings. The van der Waals surface area contributed by atoms with Crippen molar-refractivity contribution < 1.29 is 14.3 Å². The highest BCUT2D eigenvalue weighted by atomic mass is 16.6. The highest BCUT2D eigenvalue weighted by Gasteiger charge is 2.15. The summed E-state index contributed by atoms with van der Waals surface area (Å²) in [6, 6.07) is 0. The molecule has 5 N–H and O–H groups in total. The van der Waals surface area contributed by atoms with Crippen molar-refractivity contribution in [2.24, 2.45) is 0 Å². The average molecular weight is 283 g/mol. The molecule has 0 unspecified atom stereocenters. The lowest BCUT2D eigenvalue weighted by Gasteiger charge is -2.19. The predicted octanol–water partition coefficient (Wildman–Crippen LogP) is 0.636. The van der Waals surface area contributed by atoms with Crippen molar-refractivity contribution in [1.82, 2.24) is 20.8 Å². The Balaban J connectivity index is 2.15. The van der Waals surface area contributed by atoms with Gasteiger partial charge >= 0.3 is 6.09 Å². The Labute approximate surface area is 117 Å². The molecule has 0 radical (unpaired) electrons. The number of nitrogens with one attached hydrogen (secondary N) is 3. The van der Waals surface area contributed by atoms with Crippen molar-refractivity contribution in [3.05, 3.63) is 11.9 Å². The van der Waals surface area contributed by atoms with Crippen LogP contribution in [0.15, 0.2) is 6.20 Å². The molecule has 0 aliphatic rings. The number of hydrogen-bond acceptors (Lipinski definition) is 5. The third-order valence-corrected chi connectivity index (χ3v) is 2.20. The second kappa shape index (κ2) is 6.78.